The first-order chi connectivity index (χ1) is 8.70. The van der Waals surface area contributed by atoms with E-state index in [0.29, 0.717) is 0 Å². The summed E-state index contributed by atoms with van der Waals surface area (Å²) in [4.78, 5) is 2.77. The maximum absolute atomic E-state index is 3.58. The predicted molar refractivity (Wildman–Crippen MR) is 78.9 cm³/mol. The van der Waals surface area contributed by atoms with E-state index in [1.165, 1.54) is 58.0 Å². The standard InChI is InChI=1S/C16H32N2/c1-13-9-10-14(2)18(11-13)12-15-7-5-4-6-8-16(15)17-3/h13-17H,4-12H2,1-3H3. The van der Waals surface area contributed by atoms with Crippen LogP contribution in [0.1, 0.15) is 58.8 Å². The maximum Gasteiger partial charge on any atom is 0.0104 e. The highest BCUT2D eigenvalue weighted by atomic mass is 15.2. The monoisotopic (exact) mass is 252 g/mol. The molecule has 106 valence electrons. The molecule has 1 heterocycles. The first-order valence-corrected chi connectivity index (χ1v) is 8.12. The normalized spacial score (nSPS) is 39.5. The lowest BCUT2D eigenvalue weighted by molar-refractivity contribution is 0.0938. The molecule has 0 aromatic heterocycles. The van der Waals surface area contributed by atoms with Crippen molar-refractivity contribution in [2.75, 3.05) is 20.1 Å². The minimum Gasteiger partial charge on any atom is -0.317 e. The molecule has 1 saturated heterocycles. The van der Waals surface area contributed by atoms with Gasteiger partial charge in [0, 0.05) is 25.2 Å². The lowest BCUT2D eigenvalue weighted by Gasteiger charge is -2.40. The summed E-state index contributed by atoms with van der Waals surface area (Å²) >= 11 is 0. The molecule has 0 radical (unpaired) electrons. The number of nitrogens with one attached hydrogen (secondary N) is 1. The third kappa shape index (κ3) is 3.71. The van der Waals surface area contributed by atoms with Gasteiger partial charge in [-0.25, -0.2) is 0 Å². The summed E-state index contributed by atoms with van der Waals surface area (Å²) in [6.07, 6.45) is 9.97. The molecule has 1 N–H and O–H groups in total. The molecule has 0 spiro atoms. The van der Waals surface area contributed by atoms with Crippen molar-refractivity contribution >= 4 is 0 Å². The molecule has 2 rings (SSSR count). The van der Waals surface area contributed by atoms with Crippen LogP contribution in [0.3, 0.4) is 0 Å². The predicted octanol–water partition coefficient (Wildman–Crippen LogP) is 3.28. The second-order valence-electron chi connectivity index (χ2n) is 6.78. The summed E-state index contributed by atoms with van der Waals surface area (Å²) in [5.41, 5.74) is 0. The molecule has 0 amide bonds. The third-order valence-electron chi connectivity index (χ3n) is 5.25. The Morgan fingerprint density at radius 1 is 1.00 bits per heavy atom. The molecule has 0 bridgehead atoms. The van der Waals surface area contributed by atoms with Crippen LogP contribution in [0.2, 0.25) is 0 Å². The van der Waals surface area contributed by atoms with Crippen LogP contribution in [-0.2, 0) is 0 Å². The van der Waals surface area contributed by atoms with Crippen LogP contribution in [-0.4, -0.2) is 37.1 Å². The van der Waals surface area contributed by atoms with Crippen LogP contribution in [0.25, 0.3) is 0 Å². The van der Waals surface area contributed by atoms with Gasteiger partial charge in [0.25, 0.3) is 0 Å². The fourth-order valence-electron chi connectivity index (χ4n) is 3.92. The lowest BCUT2D eigenvalue weighted by Crippen LogP contribution is -2.47. The van der Waals surface area contributed by atoms with Crippen molar-refractivity contribution in [3.05, 3.63) is 0 Å². The number of hydrogen-bond donors (Lipinski definition) is 1. The van der Waals surface area contributed by atoms with E-state index < -0.39 is 0 Å². The summed E-state index contributed by atoms with van der Waals surface area (Å²) in [5.74, 6) is 1.78. The molecule has 2 aliphatic rings. The van der Waals surface area contributed by atoms with Gasteiger partial charge in [-0.15, -0.1) is 0 Å². The number of likely N-dealkylation sites (tertiary alicyclic amines) is 1. The molecule has 0 aromatic rings. The van der Waals surface area contributed by atoms with Gasteiger partial charge in [0.05, 0.1) is 0 Å². The average Bonchev–Trinajstić information content (AvgIpc) is 2.59. The highest BCUT2D eigenvalue weighted by Gasteiger charge is 2.29. The van der Waals surface area contributed by atoms with Gasteiger partial charge in [0.1, 0.15) is 0 Å². The minimum absolute atomic E-state index is 0.761. The first-order valence-electron chi connectivity index (χ1n) is 8.12. The Hall–Kier alpha value is -0.0800. The van der Waals surface area contributed by atoms with Crippen LogP contribution >= 0.6 is 0 Å². The average molecular weight is 252 g/mol. The Kier molecular flexibility index (Phi) is 5.50. The number of piperidine rings is 1. The number of nitrogens with zero attached hydrogens (tertiary/aromatic N) is 1. The van der Waals surface area contributed by atoms with E-state index >= 15 is 0 Å². The van der Waals surface area contributed by atoms with Crippen LogP contribution in [0.5, 0.6) is 0 Å². The largest absolute Gasteiger partial charge is 0.317 e. The summed E-state index contributed by atoms with van der Waals surface area (Å²) in [7, 11) is 2.16. The van der Waals surface area contributed by atoms with Crippen LogP contribution in [0, 0.1) is 11.8 Å². The van der Waals surface area contributed by atoms with Crippen molar-refractivity contribution < 1.29 is 0 Å². The first kappa shape index (κ1) is 14.3. The van der Waals surface area contributed by atoms with Gasteiger partial charge >= 0.3 is 0 Å². The van der Waals surface area contributed by atoms with Gasteiger partial charge in [0.2, 0.25) is 0 Å². The number of hydrogen-bond acceptors (Lipinski definition) is 2. The van der Waals surface area contributed by atoms with Crippen molar-refractivity contribution in [1.29, 1.82) is 0 Å². The van der Waals surface area contributed by atoms with Gasteiger partial charge in [-0.2, -0.15) is 0 Å². The minimum atomic E-state index is 0.761. The molecule has 4 unspecified atom stereocenters. The summed E-state index contributed by atoms with van der Waals surface area (Å²) in [6.45, 7) is 7.50. The van der Waals surface area contributed by atoms with Crippen LogP contribution < -0.4 is 5.32 Å². The van der Waals surface area contributed by atoms with Crippen molar-refractivity contribution in [2.45, 2.75) is 70.9 Å². The Morgan fingerprint density at radius 3 is 2.56 bits per heavy atom. The smallest absolute Gasteiger partial charge is 0.0104 e. The summed E-state index contributed by atoms with van der Waals surface area (Å²) < 4.78 is 0. The zero-order valence-electron chi connectivity index (χ0n) is 12.6. The van der Waals surface area contributed by atoms with Crippen LogP contribution in [0.15, 0.2) is 0 Å². The summed E-state index contributed by atoms with van der Waals surface area (Å²) in [6, 6.07) is 1.57. The Balaban J connectivity index is 1.92. The quantitative estimate of drug-likeness (QED) is 0.776. The van der Waals surface area contributed by atoms with Gasteiger partial charge in [-0.05, 0) is 51.5 Å². The highest BCUT2D eigenvalue weighted by Crippen LogP contribution is 2.28. The van der Waals surface area contributed by atoms with E-state index in [0.717, 1.165) is 23.9 Å². The highest BCUT2D eigenvalue weighted by molar-refractivity contribution is 4.85. The fraction of sp³-hybridized carbons (Fsp3) is 1.00. The van der Waals surface area contributed by atoms with Crippen LogP contribution in [0.4, 0.5) is 0 Å². The van der Waals surface area contributed by atoms with Crippen molar-refractivity contribution in [2.24, 2.45) is 11.8 Å². The molecule has 18 heavy (non-hydrogen) atoms. The third-order valence-corrected chi connectivity index (χ3v) is 5.25. The molecule has 4 atom stereocenters. The Labute approximate surface area is 114 Å². The molecule has 1 aliphatic heterocycles. The van der Waals surface area contributed by atoms with Crippen molar-refractivity contribution in [1.82, 2.24) is 10.2 Å². The van der Waals surface area contributed by atoms with E-state index in [1.807, 2.05) is 0 Å². The number of rotatable bonds is 3. The van der Waals surface area contributed by atoms with E-state index in [4.69, 9.17) is 0 Å². The SMILES string of the molecule is CNC1CCCCCC1CN1CC(C)CCC1C. The zero-order valence-corrected chi connectivity index (χ0v) is 12.6. The Morgan fingerprint density at radius 2 is 1.78 bits per heavy atom. The van der Waals surface area contributed by atoms with E-state index in [1.54, 1.807) is 0 Å². The molecule has 2 nitrogen and oxygen atoms in total. The molecular weight excluding hydrogens is 220 g/mol. The molecule has 1 aliphatic carbocycles. The topological polar surface area (TPSA) is 15.3 Å². The van der Waals surface area contributed by atoms with Gasteiger partial charge in [-0.3, -0.25) is 0 Å². The molecule has 2 heteroatoms. The van der Waals surface area contributed by atoms with Gasteiger partial charge in [0.15, 0.2) is 0 Å². The zero-order chi connectivity index (χ0) is 13.0. The lowest BCUT2D eigenvalue weighted by atomic mass is 9.90. The maximum atomic E-state index is 3.58. The second kappa shape index (κ2) is 6.91. The van der Waals surface area contributed by atoms with E-state index in [2.05, 4.69) is 31.1 Å². The van der Waals surface area contributed by atoms with E-state index in [9.17, 15) is 0 Å². The van der Waals surface area contributed by atoms with E-state index in [-0.39, 0.29) is 0 Å². The molecule has 1 saturated carbocycles. The molecule has 2 fully saturated rings. The molecule has 0 aromatic carbocycles. The van der Waals surface area contributed by atoms with Gasteiger partial charge in [-0.1, -0.05) is 26.2 Å². The van der Waals surface area contributed by atoms with Crippen molar-refractivity contribution in [3.63, 3.8) is 0 Å². The fourth-order valence-corrected chi connectivity index (χ4v) is 3.92. The van der Waals surface area contributed by atoms with Gasteiger partial charge < -0.3 is 10.2 Å². The Bertz CT molecular complexity index is 241. The summed E-state index contributed by atoms with van der Waals surface area (Å²) in [5, 5.41) is 3.58. The second-order valence-corrected chi connectivity index (χ2v) is 6.78. The molecular formula is C16H32N2. The van der Waals surface area contributed by atoms with Crippen molar-refractivity contribution in [3.8, 4) is 0 Å².